The Labute approximate surface area is 168 Å². The SMILES string of the molecule is CC(C)COc1ccc(C(=O)OCC(=O)NCC(=O)Nc2ccc(F)cc2)cc1. The molecule has 2 amide bonds. The van der Waals surface area contributed by atoms with Crippen LogP contribution in [0.25, 0.3) is 0 Å². The second kappa shape index (κ2) is 10.8. The van der Waals surface area contributed by atoms with Crippen LogP contribution >= 0.6 is 0 Å². The summed E-state index contributed by atoms with van der Waals surface area (Å²) in [7, 11) is 0. The molecular weight excluding hydrogens is 379 g/mol. The van der Waals surface area contributed by atoms with E-state index in [0.717, 1.165) is 0 Å². The van der Waals surface area contributed by atoms with E-state index in [4.69, 9.17) is 9.47 Å². The molecular formula is C21H23FN2O5. The first-order chi connectivity index (χ1) is 13.8. The second-order valence-corrected chi connectivity index (χ2v) is 6.64. The van der Waals surface area contributed by atoms with Gasteiger partial charge in [-0.3, -0.25) is 9.59 Å². The monoisotopic (exact) mass is 402 g/mol. The lowest BCUT2D eigenvalue weighted by Gasteiger charge is -2.09. The number of anilines is 1. The molecule has 0 aliphatic rings. The Kier molecular flexibility index (Phi) is 8.14. The number of hydrogen-bond donors (Lipinski definition) is 2. The molecule has 0 radical (unpaired) electrons. The third kappa shape index (κ3) is 8.00. The van der Waals surface area contributed by atoms with Crippen LogP contribution in [0.15, 0.2) is 48.5 Å². The highest BCUT2D eigenvalue weighted by Crippen LogP contribution is 2.14. The zero-order valence-electron chi connectivity index (χ0n) is 16.2. The fraction of sp³-hybridized carbons (Fsp3) is 0.286. The van der Waals surface area contributed by atoms with Crippen molar-refractivity contribution in [2.24, 2.45) is 5.92 Å². The van der Waals surface area contributed by atoms with E-state index in [2.05, 4.69) is 10.6 Å². The molecule has 7 nitrogen and oxygen atoms in total. The molecule has 0 aliphatic heterocycles. The van der Waals surface area contributed by atoms with Gasteiger partial charge in [0, 0.05) is 5.69 Å². The van der Waals surface area contributed by atoms with Crippen molar-refractivity contribution in [1.29, 1.82) is 0 Å². The summed E-state index contributed by atoms with van der Waals surface area (Å²) in [6.45, 7) is 3.80. The smallest absolute Gasteiger partial charge is 0.338 e. The average Bonchev–Trinajstić information content (AvgIpc) is 2.71. The van der Waals surface area contributed by atoms with Gasteiger partial charge in [0.05, 0.1) is 18.7 Å². The first-order valence-corrected chi connectivity index (χ1v) is 9.05. The van der Waals surface area contributed by atoms with Crippen LogP contribution in [-0.4, -0.2) is 37.5 Å². The van der Waals surface area contributed by atoms with Gasteiger partial charge in [0.2, 0.25) is 5.91 Å². The lowest BCUT2D eigenvalue weighted by molar-refractivity contribution is -0.126. The number of amides is 2. The van der Waals surface area contributed by atoms with E-state index in [1.165, 1.54) is 24.3 Å². The van der Waals surface area contributed by atoms with Crippen LogP contribution in [-0.2, 0) is 14.3 Å². The molecule has 0 saturated carbocycles. The Balaban J connectivity index is 1.70. The Hall–Kier alpha value is -3.42. The number of benzene rings is 2. The number of rotatable bonds is 9. The summed E-state index contributed by atoms with van der Waals surface area (Å²) in [5, 5.41) is 4.83. The molecule has 0 bridgehead atoms. The third-order valence-corrected chi connectivity index (χ3v) is 3.58. The minimum absolute atomic E-state index is 0.281. The van der Waals surface area contributed by atoms with Crippen molar-refractivity contribution in [3.8, 4) is 5.75 Å². The van der Waals surface area contributed by atoms with E-state index in [-0.39, 0.29) is 12.1 Å². The summed E-state index contributed by atoms with van der Waals surface area (Å²) in [6.07, 6.45) is 0. The van der Waals surface area contributed by atoms with Crippen LogP contribution in [0.4, 0.5) is 10.1 Å². The summed E-state index contributed by atoms with van der Waals surface area (Å²) in [5.41, 5.74) is 0.682. The normalized spacial score (nSPS) is 10.3. The number of carbonyl (C=O) groups is 3. The van der Waals surface area contributed by atoms with Crippen LogP contribution in [0.5, 0.6) is 5.75 Å². The van der Waals surface area contributed by atoms with Gasteiger partial charge in [0.25, 0.3) is 5.91 Å². The molecule has 2 aromatic rings. The topological polar surface area (TPSA) is 93.7 Å². The van der Waals surface area contributed by atoms with Crippen LogP contribution in [0.1, 0.15) is 24.2 Å². The Morgan fingerprint density at radius 3 is 2.24 bits per heavy atom. The standard InChI is InChI=1S/C21H23FN2O5/c1-14(2)12-28-18-9-3-15(4-10-18)21(27)29-13-20(26)23-11-19(25)24-17-7-5-16(22)6-8-17/h3-10,14H,11-13H2,1-2H3,(H,23,26)(H,24,25). The molecule has 0 atom stereocenters. The van der Waals surface area contributed by atoms with Crippen molar-refractivity contribution < 1.29 is 28.2 Å². The van der Waals surface area contributed by atoms with Crippen molar-refractivity contribution in [2.75, 3.05) is 25.1 Å². The fourth-order valence-electron chi connectivity index (χ4n) is 2.13. The van der Waals surface area contributed by atoms with Gasteiger partial charge in [-0.05, 0) is 54.4 Å². The molecule has 8 heteroatoms. The van der Waals surface area contributed by atoms with E-state index in [1.54, 1.807) is 24.3 Å². The number of nitrogens with one attached hydrogen (secondary N) is 2. The number of ether oxygens (including phenoxy) is 2. The second-order valence-electron chi connectivity index (χ2n) is 6.64. The van der Waals surface area contributed by atoms with E-state index in [0.29, 0.717) is 24.0 Å². The van der Waals surface area contributed by atoms with Gasteiger partial charge >= 0.3 is 5.97 Å². The largest absolute Gasteiger partial charge is 0.493 e. The van der Waals surface area contributed by atoms with Gasteiger partial charge in [-0.1, -0.05) is 13.8 Å². The Morgan fingerprint density at radius 1 is 0.966 bits per heavy atom. The van der Waals surface area contributed by atoms with Crippen molar-refractivity contribution in [1.82, 2.24) is 5.32 Å². The average molecular weight is 402 g/mol. The predicted molar refractivity (Wildman–Crippen MR) is 105 cm³/mol. The molecule has 2 N–H and O–H groups in total. The molecule has 0 unspecified atom stereocenters. The van der Waals surface area contributed by atoms with Crippen molar-refractivity contribution >= 4 is 23.5 Å². The van der Waals surface area contributed by atoms with E-state index >= 15 is 0 Å². The molecule has 29 heavy (non-hydrogen) atoms. The van der Waals surface area contributed by atoms with Gasteiger partial charge in [0.1, 0.15) is 11.6 Å². The Bertz CT molecular complexity index is 835. The highest BCUT2D eigenvalue weighted by atomic mass is 19.1. The number of halogens is 1. The number of carbonyl (C=O) groups excluding carboxylic acids is 3. The van der Waals surface area contributed by atoms with Gasteiger partial charge < -0.3 is 20.1 Å². The van der Waals surface area contributed by atoms with Crippen LogP contribution in [0, 0.1) is 11.7 Å². The molecule has 2 aromatic carbocycles. The van der Waals surface area contributed by atoms with E-state index < -0.39 is 30.2 Å². The predicted octanol–water partition coefficient (Wildman–Crippen LogP) is 2.77. The van der Waals surface area contributed by atoms with Crippen molar-refractivity contribution in [2.45, 2.75) is 13.8 Å². The maximum absolute atomic E-state index is 12.8. The third-order valence-electron chi connectivity index (χ3n) is 3.58. The molecule has 0 aliphatic carbocycles. The van der Waals surface area contributed by atoms with Gasteiger partial charge in [-0.2, -0.15) is 0 Å². The lowest BCUT2D eigenvalue weighted by atomic mass is 10.2. The van der Waals surface area contributed by atoms with E-state index in [9.17, 15) is 18.8 Å². The molecule has 154 valence electrons. The highest BCUT2D eigenvalue weighted by molar-refractivity contribution is 5.95. The van der Waals surface area contributed by atoms with Gasteiger partial charge in [-0.15, -0.1) is 0 Å². The maximum Gasteiger partial charge on any atom is 0.338 e. The van der Waals surface area contributed by atoms with E-state index in [1.807, 2.05) is 13.8 Å². The van der Waals surface area contributed by atoms with Crippen LogP contribution in [0.3, 0.4) is 0 Å². The number of hydrogen-bond acceptors (Lipinski definition) is 5. The first-order valence-electron chi connectivity index (χ1n) is 9.05. The molecule has 0 fully saturated rings. The zero-order chi connectivity index (χ0) is 21.2. The summed E-state index contributed by atoms with van der Waals surface area (Å²) >= 11 is 0. The lowest BCUT2D eigenvalue weighted by Crippen LogP contribution is -2.35. The Morgan fingerprint density at radius 2 is 1.62 bits per heavy atom. The fourth-order valence-corrected chi connectivity index (χ4v) is 2.13. The quantitative estimate of drug-likeness (QED) is 0.629. The first kappa shape index (κ1) is 21.9. The summed E-state index contributed by atoms with van der Waals surface area (Å²) < 4.78 is 23.3. The molecule has 0 spiro atoms. The molecule has 0 heterocycles. The highest BCUT2D eigenvalue weighted by Gasteiger charge is 2.12. The summed E-state index contributed by atoms with van der Waals surface area (Å²) in [4.78, 5) is 35.5. The van der Waals surface area contributed by atoms with Gasteiger partial charge in [0.15, 0.2) is 6.61 Å². The minimum Gasteiger partial charge on any atom is -0.493 e. The van der Waals surface area contributed by atoms with Crippen molar-refractivity contribution in [3.63, 3.8) is 0 Å². The van der Waals surface area contributed by atoms with Crippen molar-refractivity contribution in [3.05, 3.63) is 59.9 Å². The zero-order valence-corrected chi connectivity index (χ0v) is 16.2. The number of esters is 1. The molecule has 2 rings (SSSR count). The van der Waals surface area contributed by atoms with Crippen LogP contribution in [0.2, 0.25) is 0 Å². The molecule has 0 aromatic heterocycles. The van der Waals surface area contributed by atoms with Crippen LogP contribution < -0.4 is 15.4 Å². The summed E-state index contributed by atoms with van der Waals surface area (Å²) in [5.74, 6) is -1.17. The molecule has 0 saturated heterocycles. The summed E-state index contributed by atoms with van der Waals surface area (Å²) in [6, 6.07) is 11.6. The van der Waals surface area contributed by atoms with Gasteiger partial charge in [-0.25, -0.2) is 9.18 Å². The maximum atomic E-state index is 12.8. The minimum atomic E-state index is -0.661.